The number of aromatic nitrogens is 3. The molecule has 1 aromatic heterocycles. The number of anilines is 5. The second-order valence-electron chi connectivity index (χ2n) is 14.3. The van der Waals surface area contributed by atoms with Crippen molar-refractivity contribution < 1.29 is 82.6 Å². The van der Waals surface area contributed by atoms with Gasteiger partial charge in [0.15, 0.2) is 5.37 Å². The smallest absolute Gasteiger partial charge is 0.296 e. The van der Waals surface area contributed by atoms with Gasteiger partial charge in [0.2, 0.25) is 17.8 Å². The number of azo groups is 2. The number of fused-ring (bicyclic) bond motifs is 1. The summed E-state index contributed by atoms with van der Waals surface area (Å²) >= 11 is 0. The number of nitrogens with one attached hydrogen (secondary N) is 3. The van der Waals surface area contributed by atoms with Crippen LogP contribution in [0.5, 0.6) is 5.75 Å². The Morgan fingerprint density at radius 2 is 1.11 bits per heavy atom. The second-order valence-corrected chi connectivity index (χ2v) is 23.3. The molecule has 9 N–H and O–H groups in total. The molecule has 0 amide bonds. The monoisotopic (exact) mass is 1100 g/mol. The van der Waals surface area contributed by atoms with E-state index in [1.165, 1.54) is 54.6 Å². The van der Waals surface area contributed by atoms with Crippen LogP contribution in [0.15, 0.2) is 131 Å². The Balaban J connectivity index is 1.30. The van der Waals surface area contributed by atoms with Gasteiger partial charge in [-0.25, -0.2) is 0 Å². The number of ether oxygens (including phenoxy) is 1. The lowest BCUT2D eigenvalue weighted by atomic mass is 10.1. The molecular weight excluding hydrogens is 1070 g/mol. The molecule has 0 fully saturated rings. The third-order valence-electron chi connectivity index (χ3n) is 9.06. The van der Waals surface area contributed by atoms with Gasteiger partial charge < -0.3 is 20.7 Å². The van der Waals surface area contributed by atoms with E-state index >= 15 is 0 Å². The SMILES string of the molecule is CC(Nc1nc(Nc2ccc(N=Nc3ccc4cc(S(=O)(=O)O)cc(S(=O)(=O)O)c4c3)cc2)nc(Nc2ccc(/N=N\c3cc(S(=O)(=O)O)ccc3S(=O)(=O)O)cc2OCCCS(=O)(=O)O)n1)S(=O)(=O)O. The number of rotatable bonds is 20. The summed E-state index contributed by atoms with van der Waals surface area (Å²) in [6, 6.07) is 16.9. The molecule has 6 rings (SSSR count). The molecular formula is C36H34N10O19S6. The van der Waals surface area contributed by atoms with Gasteiger partial charge in [-0.3, -0.25) is 27.3 Å². The molecule has 1 unspecified atom stereocenters. The normalized spacial score (nSPS) is 13.4. The summed E-state index contributed by atoms with van der Waals surface area (Å²) in [7, 11) is -28.8. The fraction of sp³-hybridized carbons (Fsp3) is 0.139. The molecule has 6 aromatic rings. The molecule has 5 aromatic carbocycles. The van der Waals surface area contributed by atoms with E-state index in [9.17, 15) is 77.8 Å². The molecule has 1 heterocycles. The summed E-state index contributed by atoms with van der Waals surface area (Å²) < 4.78 is 204. The number of hydrogen-bond donors (Lipinski definition) is 9. The highest BCUT2D eigenvalue weighted by molar-refractivity contribution is 7.87. The van der Waals surface area contributed by atoms with Crippen molar-refractivity contribution in [3.8, 4) is 5.75 Å². The number of hydrogen-bond acceptors (Lipinski definition) is 23. The molecule has 29 nitrogen and oxygen atoms in total. The molecule has 0 saturated heterocycles. The van der Waals surface area contributed by atoms with Gasteiger partial charge in [0.1, 0.15) is 21.2 Å². The van der Waals surface area contributed by atoms with Gasteiger partial charge in [-0.15, -0.1) is 5.11 Å². The van der Waals surface area contributed by atoms with Crippen LogP contribution in [0.25, 0.3) is 10.8 Å². The van der Waals surface area contributed by atoms with Crippen LogP contribution in [0.1, 0.15) is 13.3 Å². The average Bonchev–Trinajstić information content (AvgIpc) is 3.25. The van der Waals surface area contributed by atoms with Crippen molar-refractivity contribution in [2.75, 3.05) is 28.3 Å². The molecule has 0 aliphatic carbocycles. The Kier molecular flexibility index (Phi) is 15.5. The molecule has 0 saturated carbocycles. The molecule has 0 bridgehead atoms. The van der Waals surface area contributed by atoms with E-state index in [0.29, 0.717) is 24.3 Å². The zero-order valence-corrected chi connectivity index (χ0v) is 40.3. The fourth-order valence-electron chi connectivity index (χ4n) is 5.78. The summed E-state index contributed by atoms with van der Waals surface area (Å²) in [5.41, 5.74) is -0.279. The van der Waals surface area contributed by atoms with Crippen LogP contribution in [-0.2, 0) is 60.7 Å². The van der Waals surface area contributed by atoms with Crippen molar-refractivity contribution in [1.82, 2.24) is 15.0 Å². The first-order chi connectivity index (χ1) is 32.8. The zero-order chi connectivity index (χ0) is 52.3. The van der Waals surface area contributed by atoms with Crippen LogP contribution in [0.2, 0.25) is 0 Å². The van der Waals surface area contributed by atoms with Gasteiger partial charge in [0.05, 0.1) is 44.9 Å². The summed E-state index contributed by atoms with van der Waals surface area (Å²) in [5.74, 6) is -1.90. The predicted molar refractivity (Wildman–Crippen MR) is 248 cm³/mol. The first-order valence-electron chi connectivity index (χ1n) is 19.1. The van der Waals surface area contributed by atoms with Crippen molar-refractivity contribution in [3.63, 3.8) is 0 Å². The number of benzene rings is 5. The Bertz CT molecular complexity index is 3830. The van der Waals surface area contributed by atoms with Gasteiger partial charge in [0.25, 0.3) is 60.7 Å². The first-order valence-corrected chi connectivity index (χ1v) is 28.0. The van der Waals surface area contributed by atoms with Crippen molar-refractivity contribution >= 4 is 123 Å². The third kappa shape index (κ3) is 14.9. The Morgan fingerprint density at radius 3 is 1.72 bits per heavy atom. The van der Waals surface area contributed by atoms with Crippen molar-refractivity contribution in [3.05, 3.63) is 91.0 Å². The topological polar surface area (TPSA) is 460 Å². The molecule has 35 heteroatoms. The van der Waals surface area contributed by atoms with Crippen molar-refractivity contribution in [1.29, 1.82) is 0 Å². The van der Waals surface area contributed by atoms with Gasteiger partial charge in [-0.1, -0.05) is 6.07 Å². The lowest BCUT2D eigenvalue weighted by Gasteiger charge is -2.16. The lowest BCUT2D eigenvalue weighted by molar-refractivity contribution is 0.317. The molecule has 0 spiro atoms. The van der Waals surface area contributed by atoms with Crippen LogP contribution in [-0.4, -0.2) is 111 Å². The Morgan fingerprint density at radius 1 is 0.549 bits per heavy atom. The maximum Gasteiger partial charge on any atom is 0.296 e. The van der Waals surface area contributed by atoms with E-state index in [2.05, 4.69) is 51.4 Å². The van der Waals surface area contributed by atoms with Crippen LogP contribution < -0.4 is 20.7 Å². The van der Waals surface area contributed by atoms with Crippen LogP contribution >= 0.6 is 0 Å². The van der Waals surface area contributed by atoms with E-state index < -0.39 is 103 Å². The first kappa shape index (κ1) is 53.6. The molecule has 1 atom stereocenters. The lowest BCUT2D eigenvalue weighted by Crippen LogP contribution is -2.27. The van der Waals surface area contributed by atoms with Gasteiger partial charge >= 0.3 is 0 Å². The second kappa shape index (κ2) is 20.5. The van der Waals surface area contributed by atoms with Crippen LogP contribution in [0.4, 0.5) is 52.0 Å². The quantitative estimate of drug-likeness (QED) is 0.0254. The highest BCUT2D eigenvalue weighted by Gasteiger charge is 2.23. The maximum atomic E-state index is 12.1. The minimum Gasteiger partial charge on any atom is -0.491 e. The molecule has 71 heavy (non-hydrogen) atoms. The third-order valence-corrected chi connectivity index (χ3v) is 14.4. The van der Waals surface area contributed by atoms with Crippen LogP contribution in [0, 0.1) is 0 Å². The average molecular weight is 1100 g/mol. The summed E-state index contributed by atoms with van der Waals surface area (Å²) in [5, 5.41) is 22.0. The minimum atomic E-state index is -5.00. The highest BCUT2D eigenvalue weighted by atomic mass is 32.2. The maximum absolute atomic E-state index is 12.1. The van der Waals surface area contributed by atoms with Crippen LogP contribution in [0.3, 0.4) is 0 Å². The predicted octanol–water partition coefficient (Wildman–Crippen LogP) is 5.63. The molecule has 0 aliphatic heterocycles. The Labute approximate surface area is 402 Å². The van der Waals surface area contributed by atoms with E-state index in [1.54, 1.807) is 0 Å². The highest BCUT2D eigenvalue weighted by Crippen LogP contribution is 2.36. The molecule has 0 aliphatic rings. The standard InChI is InChI=1S/C36H34N10O19S6/c1-20(67(50,51)52)37-34-40-35(38-22-5-7-23(8-6-22)43-44-24-4-3-21-15-27(69(56,57)58)19-33(28(21)16-24)71(62,63)64)42-36(41-34)39-29-11-9-25(17-31(29)65-13-2-14-66(47,48)49)45-46-30-18-26(68(53,54)55)10-12-32(30)70(59,60)61/h3-12,15-20H,2,13-14H2,1H3,(H,47,48,49)(H,50,51,52)(H,53,54,55)(H,56,57,58)(H,59,60,61)(H,62,63,64)(H3,37,38,39,40,41,42)/b44-43?,46-45-. The summed E-state index contributed by atoms with van der Waals surface area (Å²) in [6.45, 7) is 0.704. The minimum absolute atomic E-state index is 0.00748. The van der Waals surface area contributed by atoms with Crippen molar-refractivity contribution in [2.24, 2.45) is 20.5 Å². The zero-order valence-electron chi connectivity index (χ0n) is 35.4. The fourth-order valence-corrected chi connectivity index (χ4v) is 8.97. The van der Waals surface area contributed by atoms with E-state index in [1.807, 2.05) is 0 Å². The van der Waals surface area contributed by atoms with E-state index in [0.717, 1.165) is 19.1 Å². The number of nitrogens with zero attached hydrogens (tertiary/aromatic N) is 7. The summed E-state index contributed by atoms with van der Waals surface area (Å²) in [4.78, 5) is 9.30. The van der Waals surface area contributed by atoms with Crippen molar-refractivity contribution in [2.45, 2.75) is 38.3 Å². The largest absolute Gasteiger partial charge is 0.491 e. The van der Waals surface area contributed by atoms with E-state index in [4.69, 9.17) is 4.74 Å². The molecule has 378 valence electrons. The molecule has 0 radical (unpaired) electrons. The summed E-state index contributed by atoms with van der Waals surface area (Å²) in [6.07, 6.45) is -0.254. The van der Waals surface area contributed by atoms with Gasteiger partial charge in [-0.05, 0) is 97.6 Å². The van der Waals surface area contributed by atoms with Gasteiger partial charge in [0, 0.05) is 17.1 Å². The van der Waals surface area contributed by atoms with E-state index in [-0.39, 0.29) is 69.9 Å². The van der Waals surface area contributed by atoms with Gasteiger partial charge in [-0.2, -0.15) is 80.8 Å². The Hall–Kier alpha value is -6.77.